The van der Waals surface area contributed by atoms with E-state index in [-0.39, 0.29) is 17.3 Å². The van der Waals surface area contributed by atoms with Crippen LogP contribution in [-0.4, -0.2) is 55.8 Å². The van der Waals surface area contributed by atoms with Gasteiger partial charge in [-0.25, -0.2) is 12.8 Å². The van der Waals surface area contributed by atoms with Crippen LogP contribution in [0.4, 0.5) is 10.1 Å². The Morgan fingerprint density at radius 3 is 2.52 bits per heavy atom. The van der Waals surface area contributed by atoms with E-state index in [0.29, 0.717) is 36.8 Å². The van der Waals surface area contributed by atoms with Gasteiger partial charge in [-0.1, -0.05) is 17.7 Å². The minimum Gasteiger partial charge on any atom is -0.325 e. The van der Waals surface area contributed by atoms with Crippen LogP contribution in [-0.2, 0) is 14.8 Å². The Kier molecular flexibility index (Phi) is 6.89. The molecule has 2 aromatic rings. The summed E-state index contributed by atoms with van der Waals surface area (Å²) in [4.78, 5) is 14.6. The summed E-state index contributed by atoms with van der Waals surface area (Å²) in [6.45, 7) is 3.42. The van der Waals surface area contributed by atoms with E-state index in [2.05, 4.69) is 5.32 Å². The van der Waals surface area contributed by atoms with Gasteiger partial charge in [0.15, 0.2) is 0 Å². The van der Waals surface area contributed by atoms with Crippen molar-refractivity contribution in [3.63, 3.8) is 0 Å². The first-order chi connectivity index (χ1) is 13.8. The number of hydrogen-bond acceptors (Lipinski definition) is 4. The Balaban J connectivity index is 1.64. The van der Waals surface area contributed by atoms with Crippen molar-refractivity contribution in [3.8, 4) is 0 Å². The molecule has 1 unspecified atom stereocenters. The highest BCUT2D eigenvalue weighted by atomic mass is 35.5. The molecule has 0 spiro atoms. The van der Waals surface area contributed by atoms with Crippen LogP contribution in [0.1, 0.15) is 13.3 Å². The fourth-order valence-corrected chi connectivity index (χ4v) is 4.94. The average Bonchev–Trinajstić information content (AvgIpc) is 2.94. The number of amides is 1. The number of hydrogen-bond donors (Lipinski definition) is 1. The first-order valence-electron chi connectivity index (χ1n) is 9.33. The molecule has 1 amide bonds. The van der Waals surface area contributed by atoms with Gasteiger partial charge >= 0.3 is 0 Å². The molecule has 9 heteroatoms. The summed E-state index contributed by atoms with van der Waals surface area (Å²) in [5, 5.41) is 3.37. The molecule has 29 heavy (non-hydrogen) atoms. The molecule has 1 N–H and O–H groups in total. The molecule has 1 aliphatic heterocycles. The van der Waals surface area contributed by atoms with E-state index in [1.807, 2.05) is 4.90 Å². The van der Waals surface area contributed by atoms with Crippen molar-refractivity contribution in [1.29, 1.82) is 0 Å². The van der Waals surface area contributed by atoms with E-state index in [1.165, 1.54) is 16.4 Å². The van der Waals surface area contributed by atoms with Crippen molar-refractivity contribution in [2.75, 3.05) is 31.5 Å². The van der Waals surface area contributed by atoms with E-state index in [1.54, 1.807) is 31.2 Å². The number of carbonyl (C=O) groups is 1. The fourth-order valence-electron chi connectivity index (χ4n) is 3.28. The molecule has 1 aliphatic rings. The van der Waals surface area contributed by atoms with E-state index >= 15 is 0 Å². The maximum absolute atomic E-state index is 13.1. The predicted octanol–water partition coefficient (Wildman–Crippen LogP) is 3.20. The molecule has 1 heterocycles. The van der Waals surface area contributed by atoms with Crippen molar-refractivity contribution >= 4 is 33.2 Å². The molecular formula is C20H23ClFN3O3S. The van der Waals surface area contributed by atoms with Crippen LogP contribution >= 0.6 is 11.6 Å². The molecule has 0 aromatic heterocycles. The van der Waals surface area contributed by atoms with Gasteiger partial charge < -0.3 is 5.32 Å². The summed E-state index contributed by atoms with van der Waals surface area (Å²) >= 11 is 5.95. The van der Waals surface area contributed by atoms with Gasteiger partial charge in [-0.3, -0.25) is 9.69 Å². The van der Waals surface area contributed by atoms with Gasteiger partial charge in [0.25, 0.3) is 0 Å². The van der Waals surface area contributed by atoms with E-state index in [0.717, 1.165) is 12.1 Å². The Hall–Kier alpha value is -2.00. The second-order valence-corrected chi connectivity index (χ2v) is 9.30. The lowest BCUT2D eigenvalue weighted by atomic mass is 10.2. The highest BCUT2D eigenvalue weighted by Crippen LogP contribution is 2.20. The first kappa shape index (κ1) is 21.7. The van der Waals surface area contributed by atoms with Gasteiger partial charge in [-0.15, -0.1) is 0 Å². The molecule has 1 atom stereocenters. The molecule has 0 radical (unpaired) electrons. The number of sulfonamides is 1. The van der Waals surface area contributed by atoms with Crippen molar-refractivity contribution in [1.82, 2.24) is 9.21 Å². The molecule has 3 rings (SSSR count). The molecule has 0 saturated carbocycles. The number of benzene rings is 2. The highest BCUT2D eigenvalue weighted by molar-refractivity contribution is 7.89. The summed E-state index contributed by atoms with van der Waals surface area (Å²) in [6, 6.07) is 11.3. The molecule has 2 aromatic carbocycles. The summed E-state index contributed by atoms with van der Waals surface area (Å²) in [7, 11) is -3.70. The lowest BCUT2D eigenvalue weighted by Crippen LogP contribution is -2.44. The average molecular weight is 440 g/mol. The third-order valence-electron chi connectivity index (χ3n) is 4.96. The number of rotatable bonds is 5. The molecule has 1 fully saturated rings. The third kappa shape index (κ3) is 5.33. The zero-order chi connectivity index (χ0) is 21.0. The normalized spacial score (nSPS) is 17.5. The van der Waals surface area contributed by atoms with Crippen molar-refractivity contribution in [2.45, 2.75) is 24.3 Å². The lowest BCUT2D eigenvalue weighted by Gasteiger charge is -2.27. The van der Waals surface area contributed by atoms with Gasteiger partial charge in [0.05, 0.1) is 10.9 Å². The standard InChI is InChI=1S/C20H23ClFN3O3S/c1-15(20(26)23-18-5-2-4-16(21)14-18)24-10-3-11-25(13-12-24)29(27,28)19-8-6-17(22)7-9-19/h2,4-9,14-15H,3,10-13H2,1H3,(H,23,26). The number of nitrogens with zero attached hydrogens (tertiary/aromatic N) is 2. The van der Waals surface area contributed by atoms with E-state index < -0.39 is 21.9 Å². The minimum atomic E-state index is -3.70. The zero-order valence-electron chi connectivity index (χ0n) is 16.0. The quantitative estimate of drug-likeness (QED) is 0.776. The maximum atomic E-state index is 13.1. The van der Waals surface area contributed by atoms with E-state index in [9.17, 15) is 17.6 Å². The monoisotopic (exact) mass is 439 g/mol. The SMILES string of the molecule is CC(C(=O)Nc1cccc(Cl)c1)N1CCCN(S(=O)(=O)c2ccc(F)cc2)CC1. The molecule has 0 aliphatic carbocycles. The van der Waals surface area contributed by atoms with Crippen LogP contribution in [0.3, 0.4) is 0 Å². The van der Waals surface area contributed by atoms with Crippen LogP contribution in [0, 0.1) is 5.82 Å². The Bertz CT molecular complexity index is 969. The van der Waals surface area contributed by atoms with Crippen molar-refractivity contribution < 1.29 is 17.6 Å². The van der Waals surface area contributed by atoms with Gasteiger partial charge in [-0.2, -0.15) is 4.31 Å². The number of halogens is 2. The Morgan fingerprint density at radius 1 is 1.10 bits per heavy atom. The van der Waals surface area contributed by atoms with E-state index in [4.69, 9.17) is 11.6 Å². The fraction of sp³-hybridized carbons (Fsp3) is 0.350. The van der Waals surface area contributed by atoms with Crippen LogP contribution in [0.25, 0.3) is 0 Å². The summed E-state index contributed by atoms with van der Waals surface area (Å²) in [6.07, 6.45) is 0.592. The maximum Gasteiger partial charge on any atom is 0.243 e. The zero-order valence-corrected chi connectivity index (χ0v) is 17.6. The number of anilines is 1. The highest BCUT2D eigenvalue weighted by Gasteiger charge is 2.30. The molecule has 156 valence electrons. The van der Waals surface area contributed by atoms with Gasteiger partial charge in [-0.05, 0) is 55.8 Å². The van der Waals surface area contributed by atoms with Crippen LogP contribution in [0.5, 0.6) is 0 Å². The minimum absolute atomic E-state index is 0.0686. The van der Waals surface area contributed by atoms with Crippen molar-refractivity contribution in [3.05, 3.63) is 59.4 Å². The summed E-state index contributed by atoms with van der Waals surface area (Å²) in [5.41, 5.74) is 0.615. The van der Waals surface area contributed by atoms with Gasteiger partial charge in [0, 0.05) is 36.9 Å². The Morgan fingerprint density at radius 2 is 1.83 bits per heavy atom. The largest absolute Gasteiger partial charge is 0.325 e. The Labute approximate surface area is 175 Å². The van der Waals surface area contributed by atoms with Crippen LogP contribution in [0.15, 0.2) is 53.4 Å². The van der Waals surface area contributed by atoms with Gasteiger partial charge in [0.2, 0.25) is 15.9 Å². The van der Waals surface area contributed by atoms with Crippen LogP contribution < -0.4 is 5.32 Å². The second-order valence-electron chi connectivity index (χ2n) is 6.92. The molecule has 6 nitrogen and oxygen atoms in total. The molecule has 1 saturated heterocycles. The summed E-state index contributed by atoms with van der Waals surface area (Å²) < 4.78 is 40.2. The molecular weight excluding hydrogens is 417 g/mol. The van der Waals surface area contributed by atoms with Gasteiger partial charge in [0.1, 0.15) is 5.82 Å². The van der Waals surface area contributed by atoms with Crippen LogP contribution in [0.2, 0.25) is 5.02 Å². The second kappa shape index (κ2) is 9.21. The topological polar surface area (TPSA) is 69.7 Å². The number of nitrogens with one attached hydrogen (secondary N) is 1. The third-order valence-corrected chi connectivity index (χ3v) is 7.11. The summed E-state index contributed by atoms with van der Waals surface area (Å²) in [5.74, 6) is -0.660. The predicted molar refractivity (Wildman–Crippen MR) is 111 cm³/mol. The first-order valence-corrected chi connectivity index (χ1v) is 11.2. The number of carbonyl (C=O) groups excluding carboxylic acids is 1. The lowest BCUT2D eigenvalue weighted by molar-refractivity contribution is -0.120. The smallest absolute Gasteiger partial charge is 0.243 e. The molecule has 0 bridgehead atoms. The van der Waals surface area contributed by atoms with Crippen molar-refractivity contribution in [2.24, 2.45) is 0 Å².